The molecule has 0 unspecified atom stereocenters. The largest absolute Gasteiger partial charge is 0.478 e. The lowest BCUT2D eigenvalue weighted by Crippen LogP contribution is -2.40. The highest BCUT2D eigenvalue weighted by molar-refractivity contribution is 9.10. The van der Waals surface area contributed by atoms with Crippen LogP contribution in [0.2, 0.25) is 0 Å². The predicted octanol–water partition coefficient (Wildman–Crippen LogP) is 3.55. The molecular weight excluding hydrogens is 329 g/mol. The van der Waals surface area contributed by atoms with Gasteiger partial charge in [0.05, 0.1) is 5.57 Å². The quantitative estimate of drug-likeness (QED) is 0.851. The van der Waals surface area contributed by atoms with Gasteiger partial charge in [-0.05, 0) is 30.6 Å². The third-order valence-electron chi connectivity index (χ3n) is 2.46. The topological polar surface area (TPSA) is 46.5 Å². The molecule has 1 heterocycles. The van der Waals surface area contributed by atoms with Crippen molar-refractivity contribution in [2.75, 3.05) is 0 Å². The normalized spacial score (nSPS) is 21.4. The van der Waals surface area contributed by atoms with E-state index in [-0.39, 0.29) is 10.0 Å². The van der Waals surface area contributed by atoms with Crippen molar-refractivity contribution in [2.45, 2.75) is 19.1 Å². The lowest BCUT2D eigenvalue weighted by atomic mass is 9.99. The number of ether oxygens (including phenoxy) is 1. The Morgan fingerprint density at radius 3 is 2.74 bits per heavy atom. The summed E-state index contributed by atoms with van der Waals surface area (Å²) in [5.74, 6) is -2.28. The van der Waals surface area contributed by atoms with Crippen LogP contribution in [0, 0.1) is 6.85 Å². The van der Waals surface area contributed by atoms with Crippen LogP contribution in [0.1, 0.15) is 15.2 Å². The Kier molecular flexibility index (Phi) is 2.47. The van der Waals surface area contributed by atoms with Gasteiger partial charge in [-0.1, -0.05) is 15.9 Å². The Morgan fingerprint density at radius 1 is 1.53 bits per heavy atom. The molecule has 1 atom stereocenters. The number of carbonyl (C=O) groups is 1. The first kappa shape index (κ1) is 10.3. The molecule has 7 heteroatoms. The zero-order valence-corrected chi connectivity index (χ0v) is 10.7. The third kappa shape index (κ3) is 2.60. The second kappa shape index (κ2) is 4.56. The van der Waals surface area contributed by atoms with Gasteiger partial charge in [0.25, 0.3) is 0 Å². The molecule has 102 valence electrons. The van der Waals surface area contributed by atoms with Crippen molar-refractivity contribution >= 4 is 28.0 Å². The van der Waals surface area contributed by atoms with Crippen molar-refractivity contribution in [3.05, 3.63) is 33.3 Å². The number of benzene rings is 1. The molecule has 0 radical (unpaired) electrons. The van der Waals surface area contributed by atoms with E-state index in [2.05, 4.69) is 15.9 Å². The highest BCUT2D eigenvalue weighted by atomic mass is 79.9. The van der Waals surface area contributed by atoms with E-state index in [1.54, 1.807) is 0 Å². The molecule has 0 saturated heterocycles. The summed E-state index contributed by atoms with van der Waals surface area (Å²) in [7, 11) is 0. The van der Waals surface area contributed by atoms with Crippen LogP contribution in [0.4, 0.5) is 13.2 Å². The molecular formula is C12H8BrF3O3. The minimum atomic E-state index is -4.99. The number of carboxylic acids is 1. The molecule has 2 rings (SSSR count). The van der Waals surface area contributed by atoms with E-state index in [1.165, 1.54) is 6.07 Å². The molecule has 1 aromatic carbocycles. The van der Waals surface area contributed by atoms with Crippen molar-refractivity contribution < 1.29 is 31.9 Å². The minimum absolute atomic E-state index is 0.0431. The van der Waals surface area contributed by atoms with Crippen LogP contribution in [-0.4, -0.2) is 23.4 Å². The highest BCUT2D eigenvalue weighted by Gasteiger charge is 2.48. The second-order valence-electron chi connectivity index (χ2n) is 3.82. The molecule has 19 heavy (non-hydrogen) atoms. The molecule has 0 bridgehead atoms. The van der Waals surface area contributed by atoms with Gasteiger partial charge in [0.1, 0.15) is 5.75 Å². The van der Waals surface area contributed by atoms with E-state index in [0.29, 0.717) is 0 Å². The lowest BCUT2D eigenvalue weighted by molar-refractivity contribution is -0.187. The molecule has 1 aliphatic heterocycles. The highest BCUT2D eigenvalue weighted by Crippen LogP contribution is 2.40. The van der Waals surface area contributed by atoms with Crippen LogP contribution in [0.15, 0.2) is 22.2 Å². The van der Waals surface area contributed by atoms with Crippen molar-refractivity contribution in [3.8, 4) is 5.75 Å². The summed E-state index contributed by atoms with van der Waals surface area (Å²) in [4.78, 5) is 11.0. The molecule has 0 spiro atoms. The SMILES string of the molecule is [2H]C([2H])([2H])c1cc(Br)cc2c1O[C@H](C(F)(F)F)C(C(=O)O)=C2. The number of hydrogen-bond donors (Lipinski definition) is 1. The molecule has 1 aliphatic rings. The number of carboxylic acid groups (broad SMARTS) is 1. The maximum atomic E-state index is 13.0. The first-order valence-electron chi connectivity index (χ1n) is 6.43. The molecule has 0 aliphatic carbocycles. The van der Waals surface area contributed by atoms with Crippen molar-refractivity contribution in [1.82, 2.24) is 0 Å². The van der Waals surface area contributed by atoms with Crippen molar-refractivity contribution in [2.24, 2.45) is 0 Å². The Bertz CT molecular complexity index is 668. The van der Waals surface area contributed by atoms with Crippen LogP contribution < -0.4 is 4.74 Å². The van der Waals surface area contributed by atoms with Crippen LogP contribution in [-0.2, 0) is 4.79 Å². The monoisotopic (exact) mass is 339 g/mol. The van der Waals surface area contributed by atoms with Gasteiger partial charge in [0.15, 0.2) is 0 Å². The molecule has 0 saturated carbocycles. The van der Waals surface area contributed by atoms with Crippen molar-refractivity contribution in [1.29, 1.82) is 0 Å². The summed E-state index contributed by atoms with van der Waals surface area (Å²) in [6, 6.07) is 2.42. The molecule has 1 aromatic rings. The number of hydrogen-bond acceptors (Lipinski definition) is 2. The number of alkyl halides is 3. The number of halogens is 4. The van der Waals surface area contributed by atoms with Crippen molar-refractivity contribution in [3.63, 3.8) is 0 Å². The number of fused-ring (bicyclic) bond motifs is 1. The summed E-state index contributed by atoms with van der Waals surface area (Å²) in [5, 5.41) is 8.92. The van der Waals surface area contributed by atoms with Gasteiger partial charge >= 0.3 is 12.1 Å². The smallest absolute Gasteiger partial charge is 0.430 e. The second-order valence-corrected chi connectivity index (χ2v) is 4.73. The maximum absolute atomic E-state index is 13.0. The van der Waals surface area contributed by atoms with E-state index >= 15 is 0 Å². The fraction of sp³-hybridized carbons (Fsp3) is 0.250. The Labute approximate surface area is 119 Å². The fourth-order valence-corrected chi connectivity index (χ4v) is 2.17. The Hall–Kier alpha value is -1.50. The molecule has 0 amide bonds. The number of aliphatic carboxylic acids is 1. The van der Waals surface area contributed by atoms with Gasteiger partial charge in [-0.2, -0.15) is 13.2 Å². The van der Waals surface area contributed by atoms with Gasteiger partial charge in [0.2, 0.25) is 6.10 Å². The maximum Gasteiger partial charge on any atom is 0.430 e. The fourth-order valence-electron chi connectivity index (χ4n) is 1.70. The zero-order chi connectivity index (χ0) is 16.9. The zero-order valence-electron chi connectivity index (χ0n) is 12.1. The number of aryl methyl sites for hydroxylation is 1. The summed E-state index contributed by atoms with van der Waals surface area (Å²) in [6.07, 6.45) is -6.93. The third-order valence-corrected chi connectivity index (χ3v) is 2.91. The first-order chi connectivity index (χ1) is 9.91. The molecule has 0 fully saturated rings. The van der Waals surface area contributed by atoms with Crippen LogP contribution in [0.3, 0.4) is 0 Å². The average Bonchev–Trinajstić information content (AvgIpc) is 2.33. The van der Waals surface area contributed by atoms with Gasteiger partial charge in [-0.25, -0.2) is 4.79 Å². The average molecular weight is 340 g/mol. The summed E-state index contributed by atoms with van der Waals surface area (Å²) in [5.41, 5.74) is -1.47. The van der Waals surface area contributed by atoms with E-state index in [9.17, 15) is 18.0 Å². The van der Waals surface area contributed by atoms with Gasteiger partial charge in [-0.15, -0.1) is 0 Å². The van der Waals surface area contributed by atoms with Crippen LogP contribution >= 0.6 is 15.9 Å². The first-order valence-corrected chi connectivity index (χ1v) is 5.73. The summed E-state index contributed by atoms with van der Waals surface area (Å²) in [6.45, 7) is -2.71. The predicted molar refractivity (Wildman–Crippen MR) is 65.0 cm³/mol. The minimum Gasteiger partial charge on any atom is -0.478 e. The Balaban J connectivity index is 2.71. The standard InChI is InChI=1S/C12H8BrF3O3/c1-5-2-7(13)3-6-4-8(11(17)18)10(12(14,15)16)19-9(5)6/h2-4,10H,1H3,(H,17,18)/t10-/m0/s1/i1D3. The van der Waals surface area contributed by atoms with Crippen LogP contribution in [0.25, 0.3) is 6.08 Å². The summed E-state index contributed by atoms with van der Waals surface area (Å²) >= 11 is 3.04. The Morgan fingerprint density at radius 2 is 2.21 bits per heavy atom. The van der Waals surface area contributed by atoms with E-state index < -0.39 is 42.0 Å². The van der Waals surface area contributed by atoms with E-state index in [4.69, 9.17) is 14.0 Å². The lowest BCUT2D eigenvalue weighted by Gasteiger charge is -2.28. The van der Waals surface area contributed by atoms with Gasteiger partial charge in [-0.3, -0.25) is 0 Å². The van der Waals surface area contributed by atoms with Gasteiger partial charge in [0, 0.05) is 14.1 Å². The number of rotatable bonds is 1. The van der Waals surface area contributed by atoms with Crippen LogP contribution in [0.5, 0.6) is 5.75 Å². The summed E-state index contributed by atoms with van der Waals surface area (Å²) < 4.78 is 66.1. The molecule has 1 N–H and O–H groups in total. The van der Waals surface area contributed by atoms with Gasteiger partial charge < -0.3 is 9.84 Å². The molecule has 3 nitrogen and oxygen atoms in total. The molecule has 0 aromatic heterocycles. The van der Waals surface area contributed by atoms with E-state index in [1.807, 2.05) is 0 Å². The van der Waals surface area contributed by atoms with E-state index in [0.717, 1.165) is 12.1 Å².